The largest absolute Gasteiger partial charge is 0.457 e. The van der Waals surface area contributed by atoms with E-state index in [1.54, 1.807) is 0 Å². The lowest BCUT2D eigenvalue weighted by Gasteiger charge is -2.20. The second-order valence-electron chi connectivity index (χ2n) is 4.75. The van der Waals surface area contributed by atoms with Gasteiger partial charge in [-0.25, -0.2) is 0 Å². The molecule has 0 spiro atoms. The second-order valence-corrected chi connectivity index (χ2v) is 5.61. The molecule has 3 rings (SSSR count). The fourth-order valence-corrected chi connectivity index (χ4v) is 2.69. The van der Waals surface area contributed by atoms with Crippen LogP contribution in [0.2, 0.25) is 0 Å². The summed E-state index contributed by atoms with van der Waals surface area (Å²) >= 11 is 3.50. The maximum Gasteiger partial charge on any atom is 0.251 e. The third-order valence-corrected chi connectivity index (χ3v) is 4.34. The number of benzene rings is 2. The zero-order valence-electron chi connectivity index (χ0n) is 11.1. The van der Waals surface area contributed by atoms with Gasteiger partial charge in [-0.1, -0.05) is 28.1 Å². The lowest BCUT2D eigenvalue weighted by molar-refractivity contribution is 0.0945. The van der Waals surface area contributed by atoms with Gasteiger partial charge in [-0.2, -0.15) is 0 Å². The molecule has 1 amide bonds. The van der Waals surface area contributed by atoms with E-state index >= 15 is 0 Å². The van der Waals surface area contributed by atoms with Gasteiger partial charge in [0.05, 0.1) is 0 Å². The molecule has 1 heterocycles. The fraction of sp³-hybridized carbons (Fsp3) is 0.188. The highest BCUT2D eigenvalue weighted by Crippen LogP contribution is 2.33. The number of nitrogens with one attached hydrogen (secondary N) is 1. The van der Waals surface area contributed by atoms with E-state index in [9.17, 15) is 4.79 Å². The first-order valence-corrected chi connectivity index (χ1v) is 7.29. The van der Waals surface area contributed by atoms with Crippen molar-refractivity contribution in [3.8, 4) is 11.5 Å². The van der Waals surface area contributed by atoms with Crippen LogP contribution in [0.4, 0.5) is 0 Å². The van der Waals surface area contributed by atoms with Crippen molar-refractivity contribution in [3.63, 3.8) is 0 Å². The molecule has 0 bridgehead atoms. The van der Waals surface area contributed by atoms with Crippen molar-refractivity contribution in [2.45, 2.75) is 13.3 Å². The standard InChI is InChI=1S/C16H14BrNO2/c1-10-13(17)5-3-6-14(10)20-15-7-2-4-12-11(15)8-9-18-16(12)19/h2-7H,8-9H2,1H3,(H,18,19). The van der Waals surface area contributed by atoms with E-state index in [1.165, 1.54) is 0 Å². The lowest BCUT2D eigenvalue weighted by atomic mass is 9.99. The van der Waals surface area contributed by atoms with Gasteiger partial charge in [0.25, 0.3) is 5.91 Å². The van der Waals surface area contributed by atoms with Crippen molar-refractivity contribution in [3.05, 3.63) is 57.6 Å². The molecule has 1 aliphatic heterocycles. The molecule has 4 heteroatoms. The number of hydrogen-bond acceptors (Lipinski definition) is 2. The minimum Gasteiger partial charge on any atom is -0.457 e. The van der Waals surface area contributed by atoms with Crippen LogP contribution in [-0.2, 0) is 6.42 Å². The van der Waals surface area contributed by atoms with Gasteiger partial charge in [0.2, 0.25) is 0 Å². The van der Waals surface area contributed by atoms with Gasteiger partial charge in [-0.3, -0.25) is 4.79 Å². The molecule has 102 valence electrons. The molecule has 0 radical (unpaired) electrons. The summed E-state index contributed by atoms with van der Waals surface area (Å²) in [5, 5.41) is 2.85. The van der Waals surface area contributed by atoms with E-state index in [-0.39, 0.29) is 5.91 Å². The second kappa shape index (κ2) is 5.29. The highest BCUT2D eigenvalue weighted by atomic mass is 79.9. The van der Waals surface area contributed by atoms with Crippen LogP contribution in [0.25, 0.3) is 0 Å². The van der Waals surface area contributed by atoms with Crippen molar-refractivity contribution in [2.24, 2.45) is 0 Å². The maximum absolute atomic E-state index is 11.8. The van der Waals surface area contributed by atoms with Crippen LogP contribution < -0.4 is 10.1 Å². The summed E-state index contributed by atoms with van der Waals surface area (Å²) in [5.74, 6) is 1.54. The van der Waals surface area contributed by atoms with E-state index in [1.807, 2.05) is 43.3 Å². The van der Waals surface area contributed by atoms with Gasteiger partial charge < -0.3 is 10.1 Å². The maximum atomic E-state index is 11.8. The van der Waals surface area contributed by atoms with Crippen molar-refractivity contribution in [2.75, 3.05) is 6.54 Å². The highest BCUT2D eigenvalue weighted by molar-refractivity contribution is 9.10. The van der Waals surface area contributed by atoms with Crippen molar-refractivity contribution in [1.82, 2.24) is 5.32 Å². The third-order valence-electron chi connectivity index (χ3n) is 3.48. The molecule has 3 nitrogen and oxygen atoms in total. The first-order chi connectivity index (χ1) is 9.66. The Bertz CT molecular complexity index is 682. The molecular weight excluding hydrogens is 318 g/mol. The summed E-state index contributed by atoms with van der Waals surface area (Å²) in [7, 11) is 0. The minimum absolute atomic E-state index is 0.0253. The van der Waals surface area contributed by atoms with Crippen molar-refractivity contribution >= 4 is 21.8 Å². The van der Waals surface area contributed by atoms with Gasteiger partial charge in [0, 0.05) is 27.7 Å². The van der Waals surface area contributed by atoms with E-state index in [0.717, 1.165) is 33.5 Å². The van der Waals surface area contributed by atoms with E-state index < -0.39 is 0 Å². The lowest BCUT2D eigenvalue weighted by Crippen LogP contribution is -2.31. The number of halogens is 1. The van der Waals surface area contributed by atoms with Crippen LogP contribution in [0.15, 0.2) is 40.9 Å². The average Bonchev–Trinajstić information content (AvgIpc) is 2.45. The van der Waals surface area contributed by atoms with Crippen molar-refractivity contribution in [1.29, 1.82) is 0 Å². The van der Waals surface area contributed by atoms with Gasteiger partial charge in [0.15, 0.2) is 0 Å². The van der Waals surface area contributed by atoms with E-state index in [2.05, 4.69) is 21.2 Å². The Balaban J connectivity index is 2.01. The summed E-state index contributed by atoms with van der Waals surface area (Å²) in [6.07, 6.45) is 0.796. The minimum atomic E-state index is -0.0253. The van der Waals surface area contributed by atoms with Crippen molar-refractivity contribution < 1.29 is 9.53 Å². The molecule has 0 unspecified atom stereocenters. The number of amides is 1. The Morgan fingerprint density at radius 2 is 1.90 bits per heavy atom. The Morgan fingerprint density at radius 3 is 2.75 bits per heavy atom. The zero-order chi connectivity index (χ0) is 14.1. The fourth-order valence-electron chi connectivity index (χ4n) is 2.34. The summed E-state index contributed by atoms with van der Waals surface area (Å²) < 4.78 is 7.04. The molecule has 2 aromatic carbocycles. The monoisotopic (exact) mass is 331 g/mol. The molecule has 0 aliphatic carbocycles. The van der Waals surface area contributed by atoms with Gasteiger partial charge in [0.1, 0.15) is 11.5 Å². The molecule has 1 N–H and O–H groups in total. The Morgan fingerprint density at radius 1 is 1.15 bits per heavy atom. The summed E-state index contributed by atoms with van der Waals surface area (Å²) in [6, 6.07) is 11.5. The predicted octanol–water partition coefficient (Wildman–Crippen LogP) is 3.84. The van der Waals surface area contributed by atoms with E-state index in [0.29, 0.717) is 12.1 Å². The smallest absolute Gasteiger partial charge is 0.251 e. The summed E-state index contributed by atoms with van der Waals surface area (Å²) in [5.41, 5.74) is 2.74. The average molecular weight is 332 g/mol. The number of rotatable bonds is 2. The summed E-state index contributed by atoms with van der Waals surface area (Å²) in [4.78, 5) is 11.8. The predicted molar refractivity (Wildman–Crippen MR) is 81.4 cm³/mol. The molecule has 0 aromatic heterocycles. The molecule has 0 fully saturated rings. The number of hydrogen-bond donors (Lipinski definition) is 1. The molecule has 0 atom stereocenters. The molecule has 0 saturated heterocycles. The normalized spacial score (nSPS) is 13.6. The van der Waals surface area contributed by atoms with Crippen LogP contribution in [-0.4, -0.2) is 12.5 Å². The van der Waals surface area contributed by atoms with Crippen LogP contribution in [0.5, 0.6) is 11.5 Å². The number of carbonyl (C=O) groups excluding carboxylic acids is 1. The van der Waals surface area contributed by atoms with Crippen LogP contribution >= 0.6 is 15.9 Å². The quantitative estimate of drug-likeness (QED) is 0.908. The van der Waals surface area contributed by atoms with Gasteiger partial charge >= 0.3 is 0 Å². The number of carbonyl (C=O) groups is 1. The number of ether oxygens (including phenoxy) is 1. The topological polar surface area (TPSA) is 38.3 Å². The van der Waals surface area contributed by atoms with Crippen LogP contribution in [0, 0.1) is 6.92 Å². The third kappa shape index (κ3) is 2.31. The van der Waals surface area contributed by atoms with Gasteiger partial charge in [-0.15, -0.1) is 0 Å². The zero-order valence-corrected chi connectivity index (χ0v) is 12.7. The van der Waals surface area contributed by atoms with Gasteiger partial charge in [-0.05, 0) is 37.6 Å². The summed E-state index contributed by atoms with van der Waals surface area (Å²) in [6.45, 7) is 2.66. The first kappa shape index (κ1) is 13.2. The first-order valence-electron chi connectivity index (χ1n) is 6.50. The molecule has 0 saturated carbocycles. The van der Waals surface area contributed by atoms with Crippen LogP contribution in [0.1, 0.15) is 21.5 Å². The molecule has 20 heavy (non-hydrogen) atoms. The number of fused-ring (bicyclic) bond motifs is 1. The Labute approximate surface area is 126 Å². The molecule has 1 aliphatic rings. The Kier molecular flexibility index (Phi) is 3.49. The Hall–Kier alpha value is -1.81. The van der Waals surface area contributed by atoms with Crippen LogP contribution in [0.3, 0.4) is 0 Å². The SMILES string of the molecule is Cc1c(Br)cccc1Oc1cccc2c1CCNC2=O. The molecular formula is C16H14BrNO2. The highest BCUT2D eigenvalue weighted by Gasteiger charge is 2.20. The molecule has 2 aromatic rings. The van der Waals surface area contributed by atoms with E-state index in [4.69, 9.17) is 4.74 Å².